The molecule has 0 bridgehead atoms. The molecule has 1 atom stereocenters. The molecule has 0 aromatic carbocycles. The van der Waals surface area contributed by atoms with Crippen LogP contribution in [0.1, 0.15) is 18.5 Å². The molecule has 0 spiro atoms. The van der Waals surface area contributed by atoms with Gasteiger partial charge in [0.05, 0.1) is 6.10 Å². The van der Waals surface area contributed by atoms with Gasteiger partial charge < -0.3 is 10.1 Å². The molecule has 1 aliphatic heterocycles. The van der Waals surface area contributed by atoms with Crippen LogP contribution in [-0.2, 0) is 4.74 Å². The first kappa shape index (κ1) is 10.2. The highest BCUT2D eigenvalue weighted by molar-refractivity contribution is 5.24. The Morgan fingerprint density at radius 1 is 1.73 bits per heavy atom. The molecular formula is C10H15N3O2. The lowest BCUT2D eigenvalue weighted by molar-refractivity contribution is 0.120. The van der Waals surface area contributed by atoms with Crippen LogP contribution < -0.4 is 10.9 Å². The Labute approximate surface area is 87.9 Å². The fraction of sp³-hybridized carbons (Fsp3) is 0.600. The van der Waals surface area contributed by atoms with Gasteiger partial charge in [-0.25, -0.2) is 4.98 Å². The second kappa shape index (κ2) is 4.44. The van der Waals surface area contributed by atoms with Gasteiger partial charge in [-0.1, -0.05) is 0 Å². The zero-order valence-electron chi connectivity index (χ0n) is 8.75. The van der Waals surface area contributed by atoms with Gasteiger partial charge in [-0.2, -0.15) is 0 Å². The summed E-state index contributed by atoms with van der Waals surface area (Å²) in [6, 6.07) is 1.47. The number of aromatic nitrogens is 2. The number of hydrogen-bond acceptors (Lipinski definition) is 4. The summed E-state index contributed by atoms with van der Waals surface area (Å²) in [6.07, 6.45) is 2.43. The predicted molar refractivity (Wildman–Crippen MR) is 57.1 cm³/mol. The van der Waals surface area contributed by atoms with E-state index in [0.29, 0.717) is 18.2 Å². The largest absolute Gasteiger partial charge is 0.376 e. The fourth-order valence-electron chi connectivity index (χ4n) is 1.68. The summed E-state index contributed by atoms with van der Waals surface area (Å²) in [5, 5.41) is 3.08. The lowest BCUT2D eigenvalue weighted by Crippen LogP contribution is -2.21. The number of rotatable bonds is 3. The van der Waals surface area contributed by atoms with Crippen LogP contribution in [-0.4, -0.2) is 29.2 Å². The molecule has 15 heavy (non-hydrogen) atoms. The normalized spacial score (nSPS) is 20.5. The molecule has 1 aromatic rings. The highest BCUT2D eigenvalue weighted by Gasteiger charge is 2.15. The van der Waals surface area contributed by atoms with E-state index in [0.717, 1.165) is 19.4 Å². The Balaban J connectivity index is 1.95. The SMILES string of the molecule is Cc1cc(=O)[nH]c(NC[C@@H]2CCCO2)n1. The first-order chi connectivity index (χ1) is 7.24. The molecule has 1 fully saturated rings. The summed E-state index contributed by atoms with van der Waals surface area (Å²) in [7, 11) is 0. The number of ether oxygens (including phenoxy) is 1. The van der Waals surface area contributed by atoms with E-state index in [1.807, 2.05) is 0 Å². The number of H-pyrrole nitrogens is 1. The maximum atomic E-state index is 11.1. The number of aromatic amines is 1. The third kappa shape index (κ3) is 2.79. The Bertz CT molecular complexity index is 382. The second-order valence-electron chi connectivity index (χ2n) is 3.75. The molecule has 2 heterocycles. The maximum absolute atomic E-state index is 11.1. The molecule has 0 aliphatic carbocycles. The topological polar surface area (TPSA) is 67.0 Å². The van der Waals surface area contributed by atoms with Crippen LogP contribution in [0.3, 0.4) is 0 Å². The second-order valence-corrected chi connectivity index (χ2v) is 3.75. The number of hydrogen-bond donors (Lipinski definition) is 2. The minimum atomic E-state index is -0.127. The van der Waals surface area contributed by atoms with Crippen molar-refractivity contribution in [1.29, 1.82) is 0 Å². The average molecular weight is 209 g/mol. The molecule has 0 radical (unpaired) electrons. The van der Waals surface area contributed by atoms with Crippen molar-refractivity contribution in [2.45, 2.75) is 25.9 Å². The standard InChI is InChI=1S/C10H15N3O2/c1-7-5-9(14)13-10(12-7)11-6-8-3-2-4-15-8/h5,8H,2-4,6H2,1H3,(H2,11,12,13,14)/t8-/m0/s1. The minimum absolute atomic E-state index is 0.127. The van der Waals surface area contributed by atoms with E-state index in [4.69, 9.17) is 4.74 Å². The average Bonchev–Trinajstić information content (AvgIpc) is 2.65. The summed E-state index contributed by atoms with van der Waals surface area (Å²) >= 11 is 0. The monoisotopic (exact) mass is 209 g/mol. The van der Waals surface area contributed by atoms with E-state index < -0.39 is 0 Å². The van der Waals surface area contributed by atoms with Crippen LogP contribution >= 0.6 is 0 Å². The summed E-state index contributed by atoms with van der Waals surface area (Å²) in [5.41, 5.74) is 0.589. The molecule has 0 amide bonds. The Hall–Kier alpha value is -1.36. The van der Waals surface area contributed by atoms with Gasteiger partial charge in [-0.3, -0.25) is 9.78 Å². The molecule has 1 aliphatic rings. The molecular weight excluding hydrogens is 194 g/mol. The van der Waals surface area contributed by atoms with Gasteiger partial charge in [0.2, 0.25) is 5.95 Å². The summed E-state index contributed by atoms with van der Waals surface area (Å²) in [6.45, 7) is 3.34. The van der Waals surface area contributed by atoms with Gasteiger partial charge in [-0.15, -0.1) is 0 Å². The third-order valence-electron chi connectivity index (χ3n) is 2.39. The van der Waals surface area contributed by atoms with Crippen molar-refractivity contribution in [1.82, 2.24) is 9.97 Å². The molecule has 2 N–H and O–H groups in total. The Morgan fingerprint density at radius 2 is 2.60 bits per heavy atom. The van der Waals surface area contributed by atoms with E-state index in [1.54, 1.807) is 6.92 Å². The van der Waals surface area contributed by atoms with Gasteiger partial charge in [0.15, 0.2) is 0 Å². The summed E-state index contributed by atoms with van der Waals surface area (Å²) < 4.78 is 5.45. The van der Waals surface area contributed by atoms with Gasteiger partial charge in [0.1, 0.15) is 0 Å². The van der Waals surface area contributed by atoms with E-state index in [9.17, 15) is 4.79 Å². The van der Waals surface area contributed by atoms with Crippen molar-refractivity contribution < 1.29 is 4.74 Å². The minimum Gasteiger partial charge on any atom is -0.376 e. The molecule has 2 rings (SSSR count). The van der Waals surface area contributed by atoms with Crippen LogP contribution in [0.2, 0.25) is 0 Å². The van der Waals surface area contributed by atoms with E-state index in [1.165, 1.54) is 6.07 Å². The summed E-state index contributed by atoms with van der Waals surface area (Å²) in [5.74, 6) is 0.524. The van der Waals surface area contributed by atoms with Crippen molar-refractivity contribution in [2.24, 2.45) is 0 Å². The van der Waals surface area contributed by atoms with Gasteiger partial charge in [0, 0.05) is 24.9 Å². The molecule has 0 saturated carbocycles. The first-order valence-electron chi connectivity index (χ1n) is 5.17. The zero-order chi connectivity index (χ0) is 10.7. The molecule has 1 saturated heterocycles. The number of nitrogens with zero attached hydrogens (tertiary/aromatic N) is 1. The molecule has 5 heteroatoms. The van der Waals surface area contributed by atoms with Crippen LogP contribution in [0.4, 0.5) is 5.95 Å². The number of nitrogens with one attached hydrogen (secondary N) is 2. The van der Waals surface area contributed by atoms with Crippen molar-refractivity contribution in [3.05, 3.63) is 22.1 Å². The molecule has 82 valence electrons. The molecule has 5 nitrogen and oxygen atoms in total. The lowest BCUT2D eigenvalue weighted by atomic mass is 10.2. The van der Waals surface area contributed by atoms with Crippen molar-refractivity contribution in [3.8, 4) is 0 Å². The predicted octanol–water partition coefficient (Wildman–Crippen LogP) is 0.669. The molecule has 1 aromatic heterocycles. The van der Waals surface area contributed by atoms with Gasteiger partial charge in [-0.05, 0) is 19.8 Å². The Kier molecular flexibility index (Phi) is 3.01. The quantitative estimate of drug-likeness (QED) is 0.767. The van der Waals surface area contributed by atoms with Crippen LogP contribution in [0.15, 0.2) is 10.9 Å². The van der Waals surface area contributed by atoms with Gasteiger partial charge >= 0.3 is 0 Å². The van der Waals surface area contributed by atoms with Crippen molar-refractivity contribution >= 4 is 5.95 Å². The van der Waals surface area contributed by atoms with E-state index in [-0.39, 0.29) is 11.7 Å². The highest BCUT2D eigenvalue weighted by atomic mass is 16.5. The number of anilines is 1. The number of aryl methyl sites for hydroxylation is 1. The smallest absolute Gasteiger partial charge is 0.252 e. The van der Waals surface area contributed by atoms with Crippen LogP contribution in [0.5, 0.6) is 0 Å². The molecule has 0 unspecified atom stereocenters. The maximum Gasteiger partial charge on any atom is 0.252 e. The van der Waals surface area contributed by atoms with E-state index >= 15 is 0 Å². The van der Waals surface area contributed by atoms with Crippen molar-refractivity contribution in [2.75, 3.05) is 18.5 Å². The fourth-order valence-corrected chi connectivity index (χ4v) is 1.68. The van der Waals surface area contributed by atoms with Crippen LogP contribution in [0, 0.1) is 6.92 Å². The highest BCUT2D eigenvalue weighted by Crippen LogP contribution is 2.11. The third-order valence-corrected chi connectivity index (χ3v) is 2.39. The van der Waals surface area contributed by atoms with E-state index in [2.05, 4.69) is 15.3 Å². The van der Waals surface area contributed by atoms with Crippen molar-refractivity contribution in [3.63, 3.8) is 0 Å². The Morgan fingerprint density at radius 3 is 3.27 bits per heavy atom. The first-order valence-corrected chi connectivity index (χ1v) is 5.17. The van der Waals surface area contributed by atoms with Gasteiger partial charge in [0.25, 0.3) is 5.56 Å². The zero-order valence-corrected chi connectivity index (χ0v) is 8.75. The van der Waals surface area contributed by atoms with Crippen LogP contribution in [0.25, 0.3) is 0 Å². The lowest BCUT2D eigenvalue weighted by Gasteiger charge is -2.10. The summed E-state index contributed by atoms with van der Waals surface area (Å²) in [4.78, 5) is 18.0.